The molecular weight excluding hydrogens is 378 g/mol. The summed E-state index contributed by atoms with van der Waals surface area (Å²) >= 11 is 1.76. The predicted molar refractivity (Wildman–Crippen MR) is 121 cm³/mol. The van der Waals surface area contributed by atoms with Gasteiger partial charge < -0.3 is 4.74 Å². The van der Waals surface area contributed by atoms with Gasteiger partial charge in [0.05, 0.1) is 0 Å². The molecule has 0 unspecified atom stereocenters. The fourth-order valence-electron chi connectivity index (χ4n) is 2.98. The van der Waals surface area contributed by atoms with Crippen LogP contribution in [0, 0.1) is 0 Å². The molecule has 0 radical (unpaired) electrons. The Hall–Kier alpha value is -2.72. The molecule has 0 aliphatic rings. The Morgan fingerprint density at radius 1 is 0.966 bits per heavy atom. The molecule has 0 saturated heterocycles. The van der Waals surface area contributed by atoms with Crippen LogP contribution < -0.4 is 4.74 Å². The van der Waals surface area contributed by atoms with E-state index in [4.69, 9.17) is 4.74 Å². The molecule has 0 N–H and O–H groups in total. The molecule has 3 aromatic rings. The molecule has 3 rings (SSSR count). The van der Waals surface area contributed by atoms with Gasteiger partial charge in [-0.25, -0.2) is 9.78 Å². The zero-order valence-corrected chi connectivity index (χ0v) is 17.9. The van der Waals surface area contributed by atoms with Gasteiger partial charge in [0.25, 0.3) is 0 Å². The lowest BCUT2D eigenvalue weighted by Crippen LogP contribution is -2.03. The number of aromatic nitrogens is 1. The highest BCUT2D eigenvalue weighted by Gasteiger charge is 2.06. The number of unbranched alkanes of at least 4 members (excludes halogenated alkanes) is 2. The molecule has 29 heavy (non-hydrogen) atoms. The van der Waals surface area contributed by atoms with Gasteiger partial charge in [-0.3, -0.25) is 0 Å². The molecule has 2 aromatic carbocycles. The number of carbonyl (C=O) groups excluding carboxylic acids is 1. The number of ether oxygens (including phenoxy) is 1. The van der Waals surface area contributed by atoms with Crippen LogP contribution in [-0.4, -0.2) is 11.0 Å². The monoisotopic (exact) mass is 405 g/mol. The van der Waals surface area contributed by atoms with Gasteiger partial charge in [-0.1, -0.05) is 75.6 Å². The molecular formula is C25H27NO2S. The maximum absolute atomic E-state index is 11.8. The molecule has 0 amide bonds. The highest BCUT2D eigenvalue weighted by molar-refractivity contribution is 7.15. The summed E-state index contributed by atoms with van der Waals surface area (Å²) in [6, 6.07) is 16.0. The van der Waals surface area contributed by atoms with Crippen molar-refractivity contribution in [1.82, 2.24) is 4.98 Å². The summed E-state index contributed by atoms with van der Waals surface area (Å²) in [7, 11) is 0. The fraction of sp³-hybridized carbons (Fsp3) is 0.280. The molecule has 1 aromatic heterocycles. The predicted octanol–water partition coefficient (Wildman–Crippen LogP) is 7.08. The molecule has 0 fully saturated rings. The Labute approximate surface area is 177 Å². The van der Waals surface area contributed by atoms with E-state index in [0.29, 0.717) is 5.75 Å². The summed E-state index contributed by atoms with van der Waals surface area (Å²) in [5.74, 6) is 0.228. The van der Waals surface area contributed by atoms with E-state index < -0.39 is 0 Å². The molecule has 0 spiro atoms. The molecule has 1 heterocycles. The second-order valence-corrected chi connectivity index (χ2v) is 8.06. The van der Waals surface area contributed by atoms with Crippen LogP contribution >= 0.6 is 11.3 Å². The van der Waals surface area contributed by atoms with Gasteiger partial charge in [0.2, 0.25) is 0 Å². The van der Waals surface area contributed by atoms with E-state index in [0.717, 1.165) is 53.8 Å². The van der Waals surface area contributed by atoms with Crippen molar-refractivity contribution in [3.8, 4) is 27.4 Å². The molecule has 0 aliphatic heterocycles. The van der Waals surface area contributed by atoms with Gasteiger partial charge >= 0.3 is 5.97 Å². The van der Waals surface area contributed by atoms with E-state index in [-0.39, 0.29) is 5.97 Å². The first-order valence-electron chi connectivity index (χ1n) is 10.2. The van der Waals surface area contributed by atoms with Crippen molar-refractivity contribution in [2.45, 2.75) is 46.0 Å². The number of hydrogen-bond acceptors (Lipinski definition) is 4. The summed E-state index contributed by atoms with van der Waals surface area (Å²) in [4.78, 5) is 17.7. The lowest BCUT2D eigenvalue weighted by atomic mass is 10.0. The number of hydrogen-bond donors (Lipinski definition) is 0. The standard InChI is InChI=1S/C25H27NO2S/c1-3-5-6-7-9-24(27)28-22-16-14-20(15-17-22)19-10-12-21(13-11-19)25-26-18-23(29-25)8-4-2/h7,9-18H,3-6,8H2,1-2H3/b9-7+. The highest BCUT2D eigenvalue weighted by atomic mass is 32.1. The van der Waals surface area contributed by atoms with Crippen molar-refractivity contribution < 1.29 is 9.53 Å². The number of aryl methyl sites for hydroxylation is 1. The minimum Gasteiger partial charge on any atom is -0.423 e. The first-order chi connectivity index (χ1) is 14.2. The largest absolute Gasteiger partial charge is 0.423 e. The van der Waals surface area contributed by atoms with Gasteiger partial charge in [0.15, 0.2) is 0 Å². The van der Waals surface area contributed by atoms with Crippen molar-refractivity contribution in [2.75, 3.05) is 0 Å². The van der Waals surface area contributed by atoms with Crippen LogP contribution in [0.5, 0.6) is 5.75 Å². The van der Waals surface area contributed by atoms with Crippen LogP contribution in [0.25, 0.3) is 21.7 Å². The summed E-state index contributed by atoms with van der Waals surface area (Å²) in [5, 5.41) is 1.06. The second-order valence-electron chi connectivity index (χ2n) is 6.95. The lowest BCUT2D eigenvalue weighted by molar-refractivity contribution is -0.129. The van der Waals surface area contributed by atoms with Crippen LogP contribution in [0.4, 0.5) is 0 Å². The van der Waals surface area contributed by atoms with Crippen LogP contribution in [0.3, 0.4) is 0 Å². The quantitative estimate of drug-likeness (QED) is 0.165. The normalized spacial score (nSPS) is 11.1. The van der Waals surface area contributed by atoms with E-state index >= 15 is 0 Å². The molecule has 0 bridgehead atoms. The maximum Gasteiger partial charge on any atom is 0.335 e. The summed E-state index contributed by atoms with van der Waals surface area (Å²) in [6.07, 6.45) is 10.7. The van der Waals surface area contributed by atoms with Crippen LogP contribution in [0.2, 0.25) is 0 Å². The number of rotatable bonds is 9. The van der Waals surface area contributed by atoms with Crippen molar-refractivity contribution >= 4 is 17.3 Å². The number of benzene rings is 2. The average molecular weight is 406 g/mol. The Kier molecular flexibility index (Phi) is 7.77. The highest BCUT2D eigenvalue weighted by Crippen LogP contribution is 2.29. The Morgan fingerprint density at radius 3 is 2.28 bits per heavy atom. The second kappa shape index (κ2) is 10.7. The van der Waals surface area contributed by atoms with Crippen LogP contribution in [-0.2, 0) is 11.2 Å². The third kappa shape index (κ3) is 6.13. The van der Waals surface area contributed by atoms with E-state index in [1.807, 2.05) is 36.5 Å². The first-order valence-corrected chi connectivity index (χ1v) is 11.0. The van der Waals surface area contributed by atoms with E-state index in [9.17, 15) is 4.79 Å². The Morgan fingerprint density at radius 2 is 1.62 bits per heavy atom. The smallest absolute Gasteiger partial charge is 0.335 e. The zero-order valence-electron chi connectivity index (χ0n) is 17.1. The topological polar surface area (TPSA) is 39.2 Å². The van der Waals surface area contributed by atoms with Crippen LogP contribution in [0.15, 0.2) is 66.9 Å². The van der Waals surface area contributed by atoms with E-state index in [2.05, 4.69) is 43.1 Å². The molecule has 3 nitrogen and oxygen atoms in total. The average Bonchev–Trinajstić information content (AvgIpc) is 3.21. The van der Waals surface area contributed by atoms with Crippen molar-refractivity contribution in [3.63, 3.8) is 0 Å². The number of nitrogens with zero attached hydrogens (tertiary/aromatic N) is 1. The number of carbonyl (C=O) groups is 1. The summed E-state index contributed by atoms with van der Waals surface area (Å²) in [6.45, 7) is 4.31. The SMILES string of the molecule is CCCC/C=C/C(=O)Oc1ccc(-c2ccc(-c3ncc(CCC)s3)cc2)cc1. The third-order valence-electron chi connectivity index (χ3n) is 4.57. The van der Waals surface area contributed by atoms with E-state index in [1.54, 1.807) is 11.3 Å². The first kappa shape index (κ1) is 21.0. The fourth-order valence-corrected chi connectivity index (χ4v) is 3.99. The summed E-state index contributed by atoms with van der Waals surface area (Å²) in [5.41, 5.74) is 3.35. The van der Waals surface area contributed by atoms with Gasteiger partial charge in [-0.2, -0.15) is 0 Å². The lowest BCUT2D eigenvalue weighted by Gasteiger charge is -2.05. The molecule has 0 aliphatic carbocycles. The molecule has 0 atom stereocenters. The molecule has 0 saturated carbocycles. The minimum absolute atomic E-state index is 0.330. The van der Waals surface area contributed by atoms with E-state index in [1.165, 1.54) is 11.0 Å². The Balaban J connectivity index is 1.62. The van der Waals surface area contributed by atoms with Crippen molar-refractivity contribution in [1.29, 1.82) is 0 Å². The van der Waals surface area contributed by atoms with Gasteiger partial charge in [-0.15, -0.1) is 11.3 Å². The van der Waals surface area contributed by atoms with Crippen molar-refractivity contribution in [3.05, 3.63) is 71.8 Å². The van der Waals surface area contributed by atoms with Crippen LogP contribution in [0.1, 0.15) is 44.4 Å². The minimum atomic E-state index is -0.330. The zero-order chi connectivity index (χ0) is 20.5. The molecule has 150 valence electrons. The van der Waals surface area contributed by atoms with Gasteiger partial charge in [0, 0.05) is 22.7 Å². The van der Waals surface area contributed by atoms with Gasteiger partial charge in [0.1, 0.15) is 10.8 Å². The number of allylic oxidation sites excluding steroid dienone is 1. The van der Waals surface area contributed by atoms with Crippen molar-refractivity contribution in [2.24, 2.45) is 0 Å². The molecule has 4 heteroatoms. The third-order valence-corrected chi connectivity index (χ3v) is 5.67. The number of thiazole rings is 1. The Bertz CT molecular complexity index is 940. The number of esters is 1. The summed E-state index contributed by atoms with van der Waals surface area (Å²) < 4.78 is 5.35. The van der Waals surface area contributed by atoms with Gasteiger partial charge in [-0.05, 0) is 36.1 Å². The maximum atomic E-state index is 11.8.